The van der Waals surface area contributed by atoms with Gasteiger partial charge in [0, 0.05) is 28.7 Å². The molecule has 164 valence electrons. The van der Waals surface area contributed by atoms with Crippen molar-refractivity contribution in [2.75, 3.05) is 0 Å². The molecule has 3 aromatic rings. The van der Waals surface area contributed by atoms with Crippen LogP contribution >= 0.6 is 59.0 Å². The van der Waals surface area contributed by atoms with Gasteiger partial charge < -0.3 is 11.1 Å². The number of rotatable bonds is 6. The van der Waals surface area contributed by atoms with E-state index in [1.54, 1.807) is 6.20 Å². The fraction of sp³-hybridized carbons (Fsp3) is 0.348. The lowest BCUT2D eigenvalue weighted by Crippen LogP contribution is -2.58. The predicted octanol–water partition coefficient (Wildman–Crippen LogP) is 6.97. The number of fused-ring (bicyclic) bond motifs is 1. The maximum atomic E-state index is 6.91. The van der Waals surface area contributed by atoms with E-state index in [2.05, 4.69) is 84.9 Å². The van der Waals surface area contributed by atoms with Crippen LogP contribution in [0, 0.1) is 0 Å². The van der Waals surface area contributed by atoms with E-state index in [1.165, 1.54) is 11.1 Å². The molecule has 3 rings (SSSR count). The Kier molecular flexibility index (Phi) is 9.86. The number of pyridine rings is 1. The number of nitrogens with two attached hydrogens (primary N) is 1. The summed E-state index contributed by atoms with van der Waals surface area (Å²) in [5, 5.41) is 5.36. The summed E-state index contributed by atoms with van der Waals surface area (Å²) in [6, 6.07) is 16.6. The molecule has 1 atom stereocenters. The Morgan fingerprint density at radius 3 is 2.30 bits per heavy atom. The highest BCUT2D eigenvalue weighted by Gasteiger charge is 2.41. The average molecular weight is 581 g/mol. The van der Waals surface area contributed by atoms with Crippen molar-refractivity contribution in [2.45, 2.75) is 49.2 Å². The van der Waals surface area contributed by atoms with Gasteiger partial charge in [-0.3, -0.25) is 4.98 Å². The number of nitrogens with zero attached hydrogens (tertiary/aromatic N) is 1. The number of hydrogen-bond acceptors (Lipinski definition) is 3. The van der Waals surface area contributed by atoms with Crippen molar-refractivity contribution in [3.05, 3.63) is 76.4 Å². The van der Waals surface area contributed by atoms with Gasteiger partial charge in [0.25, 0.3) is 0 Å². The van der Waals surface area contributed by atoms with Gasteiger partial charge in [-0.1, -0.05) is 78.4 Å². The van der Waals surface area contributed by atoms with E-state index in [1.807, 2.05) is 24.3 Å². The van der Waals surface area contributed by atoms with Crippen LogP contribution in [0.4, 0.5) is 0 Å². The molecular weight excluding hydrogens is 552 g/mol. The van der Waals surface area contributed by atoms with Crippen LogP contribution < -0.4 is 11.1 Å². The Bertz CT molecular complexity index is 973. The Hall–Kier alpha value is -0.630. The lowest BCUT2D eigenvalue weighted by atomic mass is 9.87. The van der Waals surface area contributed by atoms with E-state index in [0.717, 1.165) is 23.0 Å². The third-order valence-corrected chi connectivity index (χ3v) is 7.55. The predicted molar refractivity (Wildman–Crippen MR) is 143 cm³/mol. The molecule has 1 heterocycles. The van der Waals surface area contributed by atoms with E-state index in [-0.39, 0.29) is 30.4 Å². The van der Waals surface area contributed by atoms with E-state index in [4.69, 9.17) is 17.3 Å². The minimum Gasteiger partial charge on any atom is -0.312 e. The van der Waals surface area contributed by atoms with Crippen LogP contribution in [0.25, 0.3) is 10.9 Å². The van der Waals surface area contributed by atoms with Crippen molar-refractivity contribution in [3.8, 4) is 0 Å². The van der Waals surface area contributed by atoms with Gasteiger partial charge in [-0.05, 0) is 54.7 Å². The number of aromatic nitrogens is 1. The Balaban J connectivity index is 0.00000225. The largest absolute Gasteiger partial charge is 0.312 e. The van der Waals surface area contributed by atoms with Gasteiger partial charge in [0.1, 0.15) is 3.55 Å². The summed E-state index contributed by atoms with van der Waals surface area (Å²) in [6.45, 7) is 9.46. The number of benzene rings is 2. The molecule has 0 bridgehead atoms. The molecule has 0 saturated heterocycles. The highest BCUT2D eigenvalue weighted by molar-refractivity contribution is 14.1. The Morgan fingerprint density at radius 2 is 1.70 bits per heavy atom. The van der Waals surface area contributed by atoms with Gasteiger partial charge in [0.05, 0.1) is 5.52 Å². The summed E-state index contributed by atoms with van der Waals surface area (Å²) >= 11 is 8.49. The molecule has 0 spiro atoms. The first-order chi connectivity index (χ1) is 13.1. The van der Waals surface area contributed by atoms with Crippen molar-refractivity contribution in [1.29, 1.82) is 0 Å². The summed E-state index contributed by atoms with van der Waals surface area (Å²) < 4.78 is -0.641. The lowest BCUT2D eigenvalue weighted by Gasteiger charge is -2.41. The topological polar surface area (TPSA) is 50.9 Å². The van der Waals surface area contributed by atoms with E-state index < -0.39 is 3.55 Å². The summed E-state index contributed by atoms with van der Waals surface area (Å²) in [5.41, 5.74) is 11.1. The Morgan fingerprint density at radius 1 is 1.07 bits per heavy atom. The molecule has 3 N–H and O–H groups in total. The van der Waals surface area contributed by atoms with Gasteiger partial charge in [-0.15, -0.1) is 24.8 Å². The Labute approximate surface area is 210 Å². The molecule has 1 unspecified atom stereocenters. The molecule has 0 fully saturated rings. The van der Waals surface area contributed by atoms with Crippen LogP contribution in [-0.2, 0) is 10.1 Å². The SMILES string of the molecule is CC(C)c1ccc(CNC(C)(C)C(N)(I)c2ccnc3cc(Cl)ccc23)cc1.Cl.Cl. The van der Waals surface area contributed by atoms with Crippen LogP contribution in [0.15, 0.2) is 54.7 Å². The smallest absolute Gasteiger partial charge is 0.112 e. The molecule has 0 aliphatic rings. The maximum Gasteiger partial charge on any atom is 0.112 e. The van der Waals surface area contributed by atoms with Crippen molar-refractivity contribution in [3.63, 3.8) is 0 Å². The van der Waals surface area contributed by atoms with E-state index in [0.29, 0.717) is 10.9 Å². The molecule has 0 saturated carbocycles. The standard InChI is InChI=1S/C23H27ClIN3.2ClH/c1-15(2)17-7-5-16(6-8-17)14-28-22(3,4)23(25,26)20-11-12-27-21-13-18(24)9-10-19(20)21;;/h5-13,15,28H,14,26H2,1-4H3;2*1H. The fourth-order valence-electron chi connectivity index (χ4n) is 3.25. The van der Waals surface area contributed by atoms with Crippen molar-refractivity contribution < 1.29 is 0 Å². The summed E-state index contributed by atoms with van der Waals surface area (Å²) in [7, 11) is 0. The van der Waals surface area contributed by atoms with Gasteiger partial charge >= 0.3 is 0 Å². The first-order valence-electron chi connectivity index (χ1n) is 9.48. The molecule has 0 amide bonds. The normalized spacial score (nSPS) is 13.5. The second-order valence-electron chi connectivity index (χ2n) is 8.11. The molecule has 3 nitrogen and oxygen atoms in total. The highest BCUT2D eigenvalue weighted by atomic mass is 127. The van der Waals surface area contributed by atoms with Gasteiger partial charge in [0.2, 0.25) is 0 Å². The number of halogens is 4. The molecule has 1 aromatic heterocycles. The first-order valence-corrected chi connectivity index (χ1v) is 10.9. The zero-order chi connectivity index (χ0) is 20.5. The van der Waals surface area contributed by atoms with Crippen LogP contribution in [0.5, 0.6) is 0 Å². The monoisotopic (exact) mass is 579 g/mol. The third-order valence-electron chi connectivity index (χ3n) is 5.39. The molecule has 7 heteroatoms. The summed E-state index contributed by atoms with van der Waals surface area (Å²) in [6.07, 6.45) is 1.80. The zero-order valence-electron chi connectivity index (χ0n) is 17.6. The van der Waals surface area contributed by atoms with Crippen LogP contribution in [0.1, 0.15) is 50.3 Å². The molecule has 2 aromatic carbocycles. The summed E-state index contributed by atoms with van der Waals surface area (Å²) in [5.74, 6) is 0.540. The quantitative estimate of drug-likeness (QED) is 0.188. The fourth-order valence-corrected chi connectivity index (χ4v) is 4.07. The zero-order valence-corrected chi connectivity index (χ0v) is 22.1. The number of alkyl halides is 1. The molecule has 0 aliphatic carbocycles. The van der Waals surface area contributed by atoms with Crippen molar-refractivity contribution in [1.82, 2.24) is 10.3 Å². The van der Waals surface area contributed by atoms with Gasteiger partial charge in [0.15, 0.2) is 0 Å². The minimum atomic E-state index is -0.641. The van der Waals surface area contributed by atoms with Crippen LogP contribution in [-0.4, -0.2) is 10.5 Å². The van der Waals surface area contributed by atoms with E-state index in [9.17, 15) is 0 Å². The number of hydrogen-bond donors (Lipinski definition) is 2. The third kappa shape index (κ3) is 5.78. The van der Waals surface area contributed by atoms with Crippen molar-refractivity contribution in [2.24, 2.45) is 5.73 Å². The highest BCUT2D eigenvalue weighted by Crippen LogP contribution is 2.40. The van der Waals surface area contributed by atoms with Crippen LogP contribution in [0.3, 0.4) is 0 Å². The molecule has 0 radical (unpaired) electrons. The second-order valence-corrected chi connectivity index (χ2v) is 10.2. The molecule has 30 heavy (non-hydrogen) atoms. The number of nitrogens with one attached hydrogen (secondary N) is 1. The minimum absolute atomic E-state index is 0. The average Bonchev–Trinajstić information content (AvgIpc) is 2.65. The van der Waals surface area contributed by atoms with Gasteiger partial charge in [-0.25, -0.2) is 0 Å². The maximum absolute atomic E-state index is 6.91. The molecule has 0 aliphatic heterocycles. The van der Waals surface area contributed by atoms with Crippen LogP contribution in [0.2, 0.25) is 5.02 Å². The van der Waals surface area contributed by atoms with Gasteiger partial charge in [-0.2, -0.15) is 0 Å². The second kappa shape index (κ2) is 10.8. The lowest BCUT2D eigenvalue weighted by molar-refractivity contribution is 0.307. The molecular formula is C23H29Cl3IN3. The van der Waals surface area contributed by atoms with E-state index >= 15 is 0 Å². The van der Waals surface area contributed by atoms with Crippen molar-refractivity contribution >= 4 is 69.9 Å². The summed E-state index contributed by atoms with van der Waals surface area (Å²) in [4.78, 5) is 4.45. The first kappa shape index (κ1) is 27.4.